The minimum atomic E-state index is -1.85. The number of hydrogen-bond donors (Lipinski definition) is 0. The van der Waals surface area contributed by atoms with Crippen LogP contribution >= 0.6 is 0 Å². The first-order chi connectivity index (χ1) is 8.87. The zero-order chi connectivity index (χ0) is 14.5. The molecule has 0 unspecified atom stereocenters. The molecule has 0 atom stereocenters. The highest BCUT2D eigenvalue weighted by atomic mass is 28.4. The van der Waals surface area contributed by atoms with Gasteiger partial charge in [-0.05, 0) is 31.8 Å². The summed E-state index contributed by atoms with van der Waals surface area (Å²) in [5.74, 6) is 0.898. The Hall–Kier alpha value is -1.75. The highest BCUT2D eigenvalue weighted by Crippen LogP contribution is 2.31. The van der Waals surface area contributed by atoms with Crippen molar-refractivity contribution in [2.45, 2.75) is 19.6 Å². The summed E-state index contributed by atoms with van der Waals surface area (Å²) in [5.41, 5.74) is 0.773. The van der Waals surface area contributed by atoms with E-state index in [1.54, 1.807) is 26.4 Å². The Labute approximate surface area is 115 Å². The van der Waals surface area contributed by atoms with Gasteiger partial charge in [-0.2, -0.15) is 0 Å². The third-order valence-electron chi connectivity index (χ3n) is 2.24. The Kier molecular flexibility index (Phi) is 5.17. The van der Waals surface area contributed by atoms with Gasteiger partial charge in [0, 0.05) is 11.6 Å². The monoisotopic (exact) mass is 280 g/mol. The molecule has 104 valence electrons. The van der Waals surface area contributed by atoms with Gasteiger partial charge in [0.05, 0.1) is 14.2 Å². The molecule has 0 aliphatic rings. The quantitative estimate of drug-likeness (QED) is 0.614. The summed E-state index contributed by atoms with van der Waals surface area (Å²) in [6.45, 7) is 5.89. The van der Waals surface area contributed by atoms with Crippen LogP contribution in [-0.4, -0.2) is 28.5 Å². The number of hydrogen-bond acceptors (Lipinski definition) is 4. The third-order valence-corrected chi connectivity index (χ3v) is 3.05. The van der Waals surface area contributed by atoms with Gasteiger partial charge in [-0.1, -0.05) is 12.1 Å². The van der Waals surface area contributed by atoms with Crippen LogP contribution in [0.15, 0.2) is 24.3 Å². The van der Waals surface area contributed by atoms with Gasteiger partial charge < -0.3 is 13.9 Å². The molecule has 0 aromatic heterocycles. The highest BCUT2D eigenvalue weighted by molar-refractivity contribution is 6.71. The second-order valence-corrected chi connectivity index (χ2v) is 9.38. The molecule has 0 bridgehead atoms. The molecule has 5 heteroatoms. The highest BCUT2D eigenvalue weighted by Gasteiger charge is 2.18. The summed E-state index contributed by atoms with van der Waals surface area (Å²) in [6.07, 6.45) is 3.08. The van der Waals surface area contributed by atoms with Crippen molar-refractivity contribution in [1.29, 1.82) is 0 Å². The van der Waals surface area contributed by atoms with E-state index in [9.17, 15) is 4.79 Å². The predicted molar refractivity (Wildman–Crippen MR) is 78.0 cm³/mol. The summed E-state index contributed by atoms with van der Waals surface area (Å²) in [7, 11) is 1.28. The van der Waals surface area contributed by atoms with E-state index in [1.165, 1.54) is 6.08 Å². The molecule has 0 heterocycles. The summed E-state index contributed by atoms with van der Waals surface area (Å²) < 4.78 is 15.8. The summed E-state index contributed by atoms with van der Waals surface area (Å²) >= 11 is 0. The Balaban J connectivity index is 2.90. The van der Waals surface area contributed by atoms with Crippen molar-refractivity contribution in [3.05, 3.63) is 29.8 Å². The Bertz CT molecular complexity index is 475. The van der Waals surface area contributed by atoms with E-state index in [2.05, 4.69) is 0 Å². The molecule has 0 amide bonds. The molecule has 0 saturated carbocycles. The smallest absolute Gasteiger partial charge is 0.317 e. The normalized spacial score (nSPS) is 11.4. The zero-order valence-electron chi connectivity index (χ0n) is 12.0. The largest absolute Gasteiger partial charge is 0.517 e. The van der Waals surface area contributed by atoms with E-state index in [-0.39, 0.29) is 5.97 Å². The average Bonchev–Trinajstić information content (AvgIpc) is 2.33. The van der Waals surface area contributed by atoms with Gasteiger partial charge in [0.2, 0.25) is 8.32 Å². The Morgan fingerprint density at radius 1 is 1.16 bits per heavy atom. The van der Waals surface area contributed by atoms with Gasteiger partial charge in [-0.15, -0.1) is 0 Å². The fourth-order valence-electron chi connectivity index (χ4n) is 1.54. The minimum absolute atomic E-state index is 0.330. The van der Waals surface area contributed by atoms with Crippen LogP contribution in [0, 0.1) is 0 Å². The molecule has 0 radical (unpaired) electrons. The molecular weight excluding hydrogens is 260 g/mol. The number of ether oxygens (including phenoxy) is 2. The molecule has 1 rings (SSSR count). The molecule has 0 N–H and O–H groups in total. The second kappa shape index (κ2) is 6.42. The third kappa shape index (κ3) is 4.79. The fourth-order valence-corrected chi connectivity index (χ4v) is 2.21. The SMILES string of the molecule is COc1cccc(/C=C/C(=O)O[Si](C)(C)C)c1OC. The van der Waals surface area contributed by atoms with Crippen molar-refractivity contribution >= 4 is 20.4 Å². The summed E-state index contributed by atoms with van der Waals surface area (Å²) in [5, 5.41) is 0. The van der Waals surface area contributed by atoms with Gasteiger partial charge in [0.15, 0.2) is 11.5 Å². The standard InChI is InChI=1S/C14H20O4Si/c1-16-12-8-6-7-11(14(12)17-2)9-10-13(15)18-19(3,4)5/h6-10H,1-5H3/b10-9+. The molecular formula is C14H20O4Si. The number of carbonyl (C=O) groups is 1. The van der Waals surface area contributed by atoms with Crippen molar-refractivity contribution in [3.8, 4) is 11.5 Å². The Morgan fingerprint density at radius 3 is 2.37 bits per heavy atom. The van der Waals surface area contributed by atoms with E-state index in [4.69, 9.17) is 13.9 Å². The van der Waals surface area contributed by atoms with Crippen LogP contribution in [0.4, 0.5) is 0 Å². The summed E-state index contributed by atoms with van der Waals surface area (Å²) in [4.78, 5) is 11.6. The first-order valence-corrected chi connectivity index (χ1v) is 9.40. The number of carbonyl (C=O) groups excluding carboxylic acids is 1. The fraction of sp³-hybridized carbons (Fsp3) is 0.357. The van der Waals surface area contributed by atoms with E-state index in [0.717, 1.165) is 5.56 Å². The predicted octanol–water partition coefficient (Wildman–Crippen LogP) is 3.10. The maximum atomic E-state index is 11.6. The van der Waals surface area contributed by atoms with Gasteiger partial charge in [-0.25, -0.2) is 4.79 Å². The van der Waals surface area contributed by atoms with Gasteiger partial charge in [-0.3, -0.25) is 0 Å². The Morgan fingerprint density at radius 2 is 1.84 bits per heavy atom. The molecule has 0 aliphatic heterocycles. The van der Waals surface area contributed by atoms with Crippen molar-refractivity contribution in [1.82, 2.24) is 0 Å². The van der Waals surface area contributed by atoms with E-state index in [1.807, 2.05) is 31.8 Å². The van der Waals surface area contributed by atoms with Gasteiger partial charge in [0.1, 0.15) is 0 Å². The maximum absolute atomic E-state index is 11.6. The molecule has 0 aliphatic carbocycles. The van der Waals surface area contributed by atoms with Gasteiger partial charge in [0.25, 0.3) is 0 Å². The van der Waals surface area contributed by atoms with Crippen LogP contribution in [0.1, 0.15) is 5.56 Å². The molecule has 0 saturated heterocycles. The van der Waals surface area contributed by atoms with Crippen LogP contribution in [0.2, 0.25) is 19.6 Å². The number of benzene rings is 1. The van der Waals surface area contributed by atoms with Crippen LogP contribution in [0.5, 0.6) is 11.5 Å². The van der Waals surface area contributed by atoms with Crippen molar-refractivity contribution in [2.75, 3.05) is 14.2 Å². The van der Waals surface area contributed by atoms with E-state index >= 15 is 0 Å². The molecule has 0 fully saturated rings. The zero-order valence-corrected chi connectivity index (χ0v) is 13.0. The first-order valence-electron chi connectivity index (χ1n) is 5.99. The second-order valence-electron chi connectivity index (χ2n) is 4.95. The lowest BCUT2D eigenvalue weighted by Gasteiger charge is -2.15. The lowest BCUT2D eigenvalue weighted by Crippen LogP contribution is -2.28. The average molecular weight is 280 g/mol. The number of methoxy groups -OCH3 is 2. The molecule has 1 aromatic carbocycles. The minimum Gasteiger partial charge on any atom is -0.517 e. The summed E-state index contributed by atoms with van der Waals surface area (Å²) in [6, 6.07) is 5.49. The molecule has 0 spiro atoms. The first kappa shape index (κ1) is 15.3. The lowest BCUT2D eigenvalue weighted by molar-refractivity contribution is -0.129. The molecule has 4 nitrogen and oxygen atoms in total. The van der Waals surface area contributed by atoms with Crippen LogP contribution < -0.4 is 9.47 Å². The lowest BCUT2D eigenvalue weighted by atomic mass is 10.1. The van der Waals surface area contributed by atoms with E-state index in [0.29, 0.717) is 11.5 Å². The topological polar surface area (TPSA) is 44.8 Å². The van der Waals surface area contributed by atoms with Gasteiger partial charge >= 0.3 is 5.97 Å². The number of para-hydroxylation sites is 1. The van der Waals surface area contributed by atoms with Crippen molar-refractivity contribution in [3.63, 3.8) is 0 Å². The van der Waals surface area contributed by atoms with Crippen molar-refractivity contribution in [2.24, 2.45) is 0 Å². The molecule has 19 heavy (non-hydrogen) atoms. The van der Waals surface area contributed by atoms with Crippen molar-refractivity contribution < 1.29 is 18.7 Å². The van der Waals surface area contributed by atoms with E-state index < -0.39 is 8.32 Å². The maximum Gasteiger partial charge on any atom is 0.317 e. The van der Waals surface area contributed by atoms with Crippen LogP contribution in [-0.2, 0) is 9.22 Å². The molecule has 1 aromatic rings. The van der Waals surface area contributed by atoms with Crippen LogP contribution in [0.25, 0.3) is 6.08 Å². The number of rotatable bonds is 5. The van der Waals surface area contributed by atoms with Crippen LogP contribution in [0.3, 0.4) is 0 Å².